The summed E-state index contributed by atoms with van der Waals surface area (Å²) < 4.78 is 51.1. The number of H-pyrrole nitrogens is 1. The van der Waals surface area contributed by atoms with Crippen molar-refractivity contribution >= 4 is 24.5 Å². The van der Waals surface area contributed by atoms with Crippen LogP contribution in [-0.2, 0) is 23.4 Å². The van der Waals surface area contributed by atoms with Crippen molar-refractivity contribution in [2.75, 3.05) is 13.2 Å². The topological polar surface area (TPSA) is 158 Å². The molecular formula is C26H29FN3O9P. The van der Waals surface area contributed by atoms with Gasteiger partial charge in [-0.1, -0.05) is 36.4 Å². The van der Waals surface area contributed by atoms with Crippen LogP contribution < -0.4 is 20.9 Å². The van der Waals surface area contributed by atoms with Gasteiger partial charge in [-0.2, -0.15) is 9.48 Å². The van der Waals surface area contributed by atoms with Gasteiger partial charge in [0.15, 0.2) is 0 Å². The third kappa shape index (κ3) is 6.51. The first-order chi connectivity index (χ1) is 19.1. The van der Waals surface area contributed by atoms with Crippen molar-refractivity contribution in [2.24, 2.45) is 5.92 Å². The first kappa shape index (κ1) is 28.2. The Morgan fingerprint density at radius 3 is 2.75 bits per heavy atom. The molecule has 0 bridgehead atoms. The van der Waals surface area contributed by atoms with Gasteiger partial charge in [-0.05, 0) is 37.1 Å². The minimum absolute atomic E-state index is 0.134. The molecule has 3 aromatic rings. The number of rotatable bonds is 11. The number of ether oxygens (including phenoxy) is 2. The normalized spacial score (nSPS) is 23.0. The highest BCUT2D eigenvalue weighted by atomic mass is 31.2. The Morgan fingerprint density at radius 1 is 1.23 bits per heavy atom. The molecule has 5 atom stereocenters. The van der Waals surface area contributed by atoms with Crippen molar-refractivity contribution in [1.29, 1.82) is 0 Å². The standard InChI is InChI=1S/C26H29FN3O9P/c1-15(25(33)36-13-16-9-10-16)29-40(35,39-21-8-4-6-17-5-2-3-7-18(17)21)37-14-22-20(31)11-23(38-22)30-12-19(27)24(32)28-26(30)34/h2-8,12,15-16,20,22-23,31H,9-11,13-14H2,1H3,(H,29,35)(H,28,32,34)/t15-,20-,22+,23+,40?/m0/s1. The predicted octanol–water partition coefficient (Wildman–Crippen LogP) is 2.61. The molecule has 2 fully saturated rings. The average molecular weight is 578 g/mol. The Labute approximate surface area is 227 Å². The number of hydrogen-bond donors (Lipinski definition) is 3. The van der Waals surface area contributed by atoms with Crippen molar-refractivity contribution in [1.82, 2.24) is 14.6 Å². The second-order valence-corrected chi connectivity index (χ2v) is 11.6. The monoisotopic (exact) mass is 577 g/mol. The van der Waals surface area contributed by atoms with Gasteiger partial charge in [0.2, 0.25) is 5.82 Å². The number of esters is 1. The molecule has 1 aliphatic heterocycles. The fourth-order valence-electron chi connectivity index (χ4n) is 4.28. The van der Waals surface area contributed by atoms with E-state index in [4.69, 9.17) is 18.5 Å². The fourth-order valence-corrected chi connectivity index (χ4v) is 5.80. The zero-order valence-electron chi connectivity index (χ0n) is 21.5. The van der Waals surface area contributed by atoms with E-state index in [2.05, 4.69) is 5.09 Å². The second kappa shape index (κ2) is 11.6. The Morgan fingerprint density at radius 2 is 1.98 bits per heavy atom. The third-order valence-electron chi connectivity index (χ3n) is 6.68. The maximum absolute atomic E-state index is 14.0. The number of aliphatic hydroxyl groups excluding tert-OH is 1. The van der Waals surface area contributed by atoms with Gasteiger partial charge in [-0.15, -0.1) is 0 Å². The van der Waals surface area contributed by atoms with Crippen LogP contribution in [0.15, 0.2) is 58.3 Å². The lowest BCUT2D eigenvalue weighted by atomic mass is 10.1. The van der Waals surface area contributed by atoms with Gasteiger partial charge in [0.1, 0.15) is 24.1 Å². The van der Waals surface area contributed by atoms with E-state index in [-0.39, 0.29) is 18.8 Å². The van der Waals surface area contributed by atoms with Crippen LogP contribution in [0.4, 0.5) is 4.39 Å². The minimum atomic E-state index is -4.30. The molecule has 1 aromatic heterocycles. The maximum atomic E-state index is 14.0. The highest BCUT2D eigenvalue weighted by molar-refractivity contribution is 7.52. The van der Waals surface area contributed by atoms with Gasteiger partial charge in [0, 0.05) is 11.8 Å². The van der Waals surface area contributed by atoms with Crippen LogP contribution in [0.3, 0.4) is 0 Å². The Kier molecular flexibility index (Phi) is 8.20. The number of nitrogens with zero attached hydrogens (tertiary/aromatic N) is 1. The fraction of sp³-hybridized carbons (Fsp3) is 0.423. The van der Waals surface area contributed by atoms with Crippen LogP contribution in [0.2, 0.25) is 0 Å². The van der Waals surface area contributed by atoms with Crippen LogP contribution in [0.5, 0.6) is 5.75 Å². The molecule has 14 heteroatoms. The number of carbonyl (C=O) groups excluding carboxylic acids is 1. The number of aromatic nitrogens is 2. The van der Waals surface area contributed by atoms with Crippen molar-refractivity contribution in [3.05, 3.63) is 75.3 Å². The third-order valence-corrected chi connectivity index (χ3v) is 8.31. The van der Waals surface area contributed by atoms with Crippen LogP contribution in [0, 0.1) is 11.7 Å². The predicted molar refractivity (Wildman–Crippen MR) is 140 cm³/mol. The lowest BCUT2D eigenvalue weighted by Crippen LogP contribution is -2.36. The summed E-state index contributed by atoms with van der Waals surface area (Å²) in [6.45, 7) is 1.26. The zero-order valence-corrected chi connectivity index (χ0v) is 22.4. The van der Waals surface area contributed by atoms with E-state index in [1.165, 1.54) is 6.92 Å². The summed E-state index contributed by atoms with van der Waals surface area (Å²) in [5.41, 5.74) is -2.10. The molecule has 1 unspecified atom stereocenters. The van der Waals surface area contributed by atoms with Gasteiger partial charge in [0.25, 0.3) is 5.56 Å². The van der Waals surface area contributed by atoms with E-state index in [0.29, 0.717) is 17.5 Å². The number of nitrogens with one attached hydrogen (secondary N) is 2. The van der Waals surface area contributed by atoms with Crippen LogP contribution in [-0.4, -0.2) is 52.1 Å². The summed E-state index contributed by atoms with van der Waals surface area (Å²) in [4.78, 5) is 37.9. The van der Waals surface area contributed by atoms with Crippen molar-refractivity contribution < 1.29 is 37.4 Å². The number of aromatic amines is 1. The van der Waals surface area contributed by atoms with Gasteiger partial charge in [0.05, 0.1) is 25.5 Å². The van der Waals surface area contributed by atoms with Gasteiger partial charge in [-0.3, -0.25) is 23.7 Å². The number of benzene rings is 2. The van der Waals surface area contributed by atoms with Gasteiger partial charge < -0.3 is 19.1 Å². The molecule has 214 valence electrons. The molecule has 12 nitrogen and oxygen atoms in total. The second-order valence-electron chi connectivity index (χ2n) is 9.86. The van der Waals surface area contributed by atoms with Crippen LogP contribution in [0.1, 0.15) is 32.4 Å². The SMILES string of the molecule is C[C@H](NP(=O)(OC[C@H]1O[C@@H](n2cc(F)c(=O)[nH]c2=O)C[C@@H]1O)Oc1cccc2ccccc12)C(=O)OCC1CC1. The van der Waals surface area contributed by atoms with Crippen molar-refractivity contribution in [3.8, 4) is 5.75 Å². The van der Waals surface area contributed by atoms with E-state index in [9.17, 15) is 28.4 Å². The minimum Gasteiger partial charge on any atom is -0.464 e. The largest absolute Gasteiger partial charge is 0.464 e. The Balaban J connectivity index is 1.33. The molecule has 40 heavy (non-hydrogen) atoms. The highest BCUT2D eigenvalue weighted by Crippen LogP contribution is 2.47. The summed E-state index contributed by atoms with van der Waals surface area (Å²) >= 11 is 0. The Bertz CT molecular complexity index is 1550. The quantitative estimate of drug-likeness (QED) is 0.229. The molecule has 2 heterocycles. The molecular weight excluding hydrogens is 548 g/mol. The molecule has 3 N–H and O–H groups in total. The van der Waals surface area contributed by atoms with Crippen LogP contribution in [0.25, 0.3) is 10.8 Å². The molecule has 0 radical (unpaired) electrons. The van der Waals surface area contributed by atoms with Gasteiger partial charge in [-0.25, -0.2) is 9.36 Å². The molecule has 1 aliphatic carbocycles. The van der Waals surface area contributed by atoms with Crippen molar-refractivity contribution in [3.63, 3.8) is 0 Å². The summed E-state index contributed by atoms with van der Waals surface area (Å²) in [6.07, 6.45) is -0.885. The number of fused-ring (bicyclic) bond motifs is 1. The summed E-state index contributed by atoms with van der Waals surface area (Å²) in [6, 6.07) is 11.4. The maximum Gasteiger partial charge on any atom is 0.459 e. The van der Waals surface area contributed by atoms with E-state index in [0.717, 1.165) is 22.8 Å². The first-order valence-corrected chi connectivity index (χ1v) is 14.4. The molecule has 0 spiro atoms. The van der Waals surface area contributed by atoms with E-state index >= 15 is 0 Å². The lowest BCUT2D eigenvalue weighted by Gasteiger charge is -2.25. The number of hydrogen-bond acceptors (Lipinski definition) is 9. The molecule has 2 aliphatic rings. The van der Waals surface area contributed by atoms with E-state index in [1.54, 1.807) is 24.3 Å². The molecule has 2 aromatic carbocycles. The summed E-state index contributed by atoms with van der Waals surface area (Å²) in [7, 11) is -4.30. The van der Waals surface area contributed by atoms with Gasteiger partial charge >= 0.3 is 19.4 Å². The molecule has 1 saturated heterocycles. The molecule has 0 amide bonds. The number of aliphatic hydroxyl groups is 1. The summed E-state index contributed by atoms with van der Waals surface area (Å²) in [5, 5.41) is 14.6. The first-order valence-electron chi connectivity index (χ1n) is 12.8. The average Bonchev–Trinajstić information content (AvgIpc) is 3.68. The van der Waals surface area contributed by atoms with Crippen molar-refractivity contribution in [2.45, 2.75) is 50.7 Å². The van der Waals surface area contributed by atoms with Crippen LogP contribution >= 0.6 is 7.75 Å². The smallest absolute Gasteiger partial charge is 0.459 e. The molecule has 1 saturated carbocycles. The highest BCUT2D eigenvalue weighted by Gasteiger charge is 2.40. The zero-order chi connectivity index (χ0) is 28.4. The van der Waals surface area contributed by atoms with E-state index in [1.807, 2.05) is 23.2 Å². The lowest BCUT2D eigenvalue weighted by molar-refractivity contribution is -0.145. The number of carbonyl (C=O) groups is 1. The van der Waals surface area contributed by atoms with E-state index < -0.39 is 61.9 Å². The summed E-state index contributed by atoms with van der Waals surface area (Å²) in [5.74, 6) is -1.26. The number of halogens is 1. The Hall–Kier alpha value is -3.35. The molecule has 5 rings (SSSR count).